The number of guanidine groups is 1. The first-order chi connectivity index (χ1) is 9.31. The number of aliphatic imine (C=N–C) groups is 1. The molecule has 19 heavy (non-hydrogen) atoms. The number of hydrogen-bond donors (Lipinski definition) is 2. The Morgan fingerprint density at radius 3 is 2.84 bits per heavy atom. The fraction of sp³-hybridized carbons (Fsp3) is 0.312. The molecule has 0 saturated carbocycles. The van der Waals surface area contributed by atoms with Crippen LogP contribution in [0, 0.1) is 0 Å². The maximum absolute atomic E-state index is 4.39. The van der Waals surface area contributed by atoms with Crippen LogP contribution in [-0.4, -0.2) is 25.1 Å². The van der Waals surface area contributed by atoms with Gasteiger partial charge in [0, 0.05) is 12.6 Å². The molecule has 1 unspecified atom stereocenters. The summed E-state index contributed by atoms with van der Waals surface area (Å²) in [5.74, 6) is 0.938. The molecule has 1 atom stereocenters. The van der Waals surface area contributed by atoms with Gasteiger partial charge in [-0.2, -0.15) is 0 Å². The van der Waals surface area contributed by atoms with Crippen molar-refractivity contribution in [3.63, 3.8) is 0 Å². The van der Waals surface area contributed by atoms with E-state index in [0.717, 1.165) is 25.5 Å². The van der Waals surface area contributed by atoms with E-state index in [1.165, 1.54) is 16.3 Å². The van der Waals surface area contributed by atoms with Crippen molar-refractivity contribution in [3.8, 4) is 0 Å². The second-order valence-electron chi connectivity index (χ2n) is 5.09. The maximum atomic E-state index is 4.39. The van der Waals surface area contributed by atoms with Crippen molar-refractivity contribution in [3.05, 3.63) is 48.0 Å². The fourth-order valence-corrected chi connectivity index (χ4v) is 2.38. The summed E-state index contributed by atoms with van der Waals surface area (Å²) in [5.41, 5.74) is 1.36. The van der Waals surface area contributed by atoms with Gasteiger partial charge in [0.2, 0.25) is 0 Å². The molecule has 0 aliphatic carbocycles. The lowest BCUT2D eigenvalue weighted by Crippen LogP contribution is -2.38. The van der Waals surface area contributed by atoms with Crippen LogP contribution in [0.25, 0.3) is 10.8 Å². The molecule has 1 aliphatic rings. The highest BCUT2D eigenvalue weighted by Crippen LogP contribution is 2.15. The molecular formula is C16H19N3. The van der Waals surface area contributed by atoms with Crippen LogP contribution in [0.5, 0.6) is 0 Å². The fourth-order valence-electron chi connectivity index (χ4n) is 2.38. The van der Waals surface area contributed by atoms with Crippen LogP contribution >= 0.6 is 0 Å². The molecule has 3 heteroatoms. The molecule has 3 rings (SSSR count). The molecule has 0 saturated heterocycles. The van der Waals surface area contributed by atoms with Crippen molar-refractivity contribution in [2.75, 3.05) is 13.1 Å². The first-order valence-corrected chi connectivity index (χ1v) is 6.84. The standard InChI is InChI=1S/C16H19N3/c1-12-11-18-16(19-12)17-9-8-13-6-7-14-4-2-3-5-15(14)10-13/h2-7,10,12H,8-9,11H2,1H3,(H2,17,18,19). The van der Waals surface area contributed by atoms with Crippen LogP contribution in [-0.2, 0) is 6.42 Å². The molecule has 3 nitrogen and oxygen atoms in total. The van der Waals surface area contributed by atoms with Crippen molar-refractivity contribution in [1.82, 2.24) is 10.6 Å². The Morgan fingerprint density at radius 2 is 2.05 bits per heavy atom. The van der Waals surface area contributed by atoms with E-state index in [1.807, 2.05) is 0 Å². The third-order valence-electron chi connectivity index (χ3n) is 3.43. The summed E-state index contributed by atoms with van der Waals surface area (Å²) >= 11 is 0. The average molecular weight is 253 g/mol. The van der Waals surface area contributed by atoms with E-state index >= 15 is 0 Å². The summed E-state index contributed by atoms with van der Waals surface area (Å²) in [6.45, 7) is 3.93. The van der Waals surface area contributed by atoms with Gasteiger partial charge in [0.05, 0.1) is 6.54 Å². The maximum Gasteiger partial charge on any atom is 0.191 e. The van der Waals surface area contributed by atoms with Crippen LogP contribution in [0.15, 0.2) is 47.5 Å². The van der Waals surface area contributed by atoms with Gasteiger partial charge in [0.1, 0.15) is 0 Å². The lowest BCUT2D eigenvalue weighted by molar-refractivity contribution is 0.712. The molecule has 2 N–H and O–H groups in total. The highest BCUT2D eigenvalue weighted by molar-refractivity contribution is 5.83. The monoisotopic (exact) mass is 253 g/mol. The molecule has 1 aliphatic heterocycles. The first-order valence-electron chi connectivity index (χ1n) is 6.84. The summed E-state index contributed by atoms with van der Waals surface area (Å²) in [6, 6.07) is 15.6. The predicted octanol–water partition coefficient (Wildman–Crippen LogP) is 2.32. The Morgan fingerprint density at radius 1 is 1.21 bits per heavy atom. The molecule has 2 aromatic rings. The highest BCUT2D eigenvalue weighted by Gasteiger charge is 2.10. The Labute approximate surface area is 113 Å². The second-order valence-corrected chi connectivity index (χ2v) is 5.09. The van der Waals surface area contributed by atoms with Crippen LogP contribution in [0.4, 0.5) is 0 Å². The zero-order valence-electron chi connectivity index (χ0n) is 11.2. The molecule has 0 fully saturated rings. The van der Waals surface area contributed by atoms with Crippen molar-refractivity contribution in [2.45, 2.75) is 19.4 Å². The van der Waals surface area contributed by atoms with Gasteiger partial charge < -0.3 is 10.6 Å². The molecule has 0 aromatic heterocycles. The number of hydrogen-bond acceptors (Lipinski definition) is 3. The number of nitrogens with one attached hydrogen (secondary N) is 2. The molecular weight excluding hydrogens is 234 g/mol. The van der Waals surface area contributed by atoms with Crippen molar-refractivity contribution >= 4 is 16.7 Å². The van der Waals surface area contributed by atoms with Crippen LogP contribution in [0.2, 0.25) is 0 Å². The lowest BCUT2D eigenvalue weighted by atomic mass is 10.1. The summed E-state index contributed by atoms with van der Waals surface area (Å²) < 4.78 is 0. The molecule has 0 bridgehead atoms. The largest absolute Gasteiger partial charge is 0.356 e. The van der Waals surface area contributed by atoms with Crippen LogP contribution in [0.3, 0.4) is 0 Å². The smallest absolute Gasteiger partial charge is 0.191 e. The number of nitrogens with zero attached hydrogens (tertiary/aromatic N) is 1. The van der Waals surface area contributed by atoms with Crippen LogP contribution in [0.1, 0.15) is 12.5 Å². The van der Waals surface area contributed by atoms with Gasteiger partial charge in [-0.25, -0.2) is 0 Å². The van der Waals surface area contributed by atoms with Crippen molar-refractivity contribution < 1.29 is 0 Å². The summed E-state index contributed by atoms with van der Waals surface area (Å²) in [7, 11) is 0. The minimum Gasteiger partial charge on any atom is -0.356 e. The lowest BCUT2D eigenvalue weighted by Gasteiger charge is -2.09. The Bertz CT molecular complexity index is 604. The topological polar surface area (TPSA) is 36.4 Å². The van der Waals surface area contributed by atoms with Gasteiger partial charge in [0.15, 0.2) is 5.96 Å². The summed E-state index contributed by atoms with van der Waals surface area (Å²) in [4.78, 5) is 4.39. The number of benzene rings is 2. The zero-order valence-corrected chi connectivity index (χ0v) is 11.2. The quantitative estimate of drug-likeness (QED) is 0.880. The second kappa shape index (κ2) is 5.31. The average Bonchev–Trinajstić information content (AvgIpc) is 2.84. The van der Waals surface area contributed by atoms with E-state index in [-0.39, 0.29) is 0 Å². The Balaban J connectivity index is 1.59. The van der Waals surface area contributed by atoms with Gasteiger partial charge in [-0.15, -0.1) is 0 Å². The third-order valence-corrected chi connectivity index (χ3v) is 3.43. The minimum atomic E-state index is 0.461. The molecule has 98 valence electrons. The normalized spacial score (nSPS) is 18.2. The van der Waals surface area contributed by atoms with Crippen molar-refractivity contribution in [1.29, 1.82) is 0 Å². The van der Waals surface area contributed by atoms with Gasteiger partial charge >= 0.3 is 0 Å². The van der Waals surface area contributed by atoms with Crippen molar-refractivity contribution in [2.24, 2.45) is 4.99 Å². The molecule has 1 heterocycles. The summed E-state index contributed by atoms with van der Waals surface area (Å²) in [5, 5.41) is 9.27. The number of rotatable bonds is 3. The highest BCUT2D eigenvalue weighted by atomic mass is 15.2. The van der Waals surface area contributed by atoms with Gasteiger partial charge in [-0.1, -0.05) is 42.5 Å². The van der Waals surface area contributed by atoms with E-state index in [9.17, 15) is 0 Å². The van der Waals surface area contributed by atoms with E-state index in [2.05, 4.69) is 65.0 Å². The minimum absolute atomic E-state index is 0.461. The summed E-state index contributed by atoms with van der Waals surface area (Å²) in [6.07, 6.45) is 1.01. The van der Waals surface area contributed by atoms with E-state index < -0.39 is 0 Å². The predicted molar refractivity (Wildman–Crippen MR) is 80.6 cm³/mol. The third kappa shape index (κ3) is 2.87. The molecule has 0 spiro atoms. The van der Waals surface area contributed by atoms with Gasteiger partial charge in [-0.05, 0) is 29.7 Å². The zero-order chi connectivity index (χ0) is 13.1. The van der Waals surface area contributed by atoms with E-state index in [4.69, 9.17) is 0 Å². The van der Waals surface area contributed by atoms with Gasteiger partial charge in [-0.3, -0.25) is 4.99 Å². The van der Waals surface area contributed by atoms with Gasteiger partial charge in [0.25, 0.3) is 0 Å². The Hall–Kier alpha value is -2.03. The SMILES string of the molecule is CC1CN=C(NCCc2ccc3ccccc3c2)N1. The molecule has 0 radical (unpaired) electrons. The Kier molecular flexibility index (Phi) is 3.36. The number of fused-ring (bicyclic) bond motifs is 1. The van der Waals surface area contributed by atoms with Crippen LogP contribution < -0.4 is 10.6 Å². The molecule has 2 aromatic carbocycles. The molecule has 0 amide bonds. The van der Waals surface area contributed by atoms with E-state index in [1.54, 1.807) is 0 Å². The van der Waals surface area contributed by atoms with E-state index in [0.29, 0.717) is 6.04 Å². The first kappa shape index (κ1) is 12.0.